The average Bonchev–Trinajstić information content (AvgIpc) is 2.11. The molecular weight excluding hydrogens is 204 g/mol. The Balaban J connectivity index is 2.49. The number of aliphatic hydroxyl groups is 2. The van der Waals surface area contributed by atoms with Gasteiger partial charge in [0.2, 0.25) is 0 Å². The lowest BCUT2D eigenvalue weighted by Crippen LogP contribution is -2.58. The largest absolute Gasteiger partial charge is 0.392 e. The van der Waals surface area contributed by atoms with Crippen LogP contribution in [-0.2, 0) is 0 Å². The minimum absolute atomic E-state index is 0.266. The Morgan fingerprint density at radius 1 is 0.938 bits per heavy atom. The highest BCUT2D eigenvalue weighted by Gasteiger charge is 2.29. The van der Waals surface area contributed by atoms with Gasteiger partial charge in [0.05, 0.1) is 12.2 Å². The Hall–Kier alpha value is -0.160. The molecule has 1 aliphatic rings. The summed E-state index contributed by atoms with van der Waals surface area (Å²) < 4.78 is 0. The second-order valence-corrected chi connectivity index (χ2v) is 5.30. The summed E-state index contributed by atoms with van der Waals surface area (Å²) in [6.45, 7) is 11.5. The first-order chi connectivity index (χ1) is 7.40. The third-order valence-corrected chi connectivity index (χ3v) is 3.24. The van der Waals surface area contributed by atoms with E-state index >= 15 is 0 Å². The Morgan fingerprint density at radius 3 is 1.50 bits per heavy atom. The molecule has 0 saturated carbocycles. The van der Waals surface area contributed by atoms with E-state index in [1.807, 2.05) is 13.8 Å². The van der Waals surface area contributed by atoms with E-state index in [4.69, 9.17) is 0 Å². The van der Waals surface area contributed by atoms with E-state index < -0.39 is 0 Å². The minimum Gasteiger partial charge on any atom is -0.392 e. The molecule has 0 aromatic rings. The van der Waals surface area contributed by atoms with Gasteiger partial charge in [-0.25, -0.2) is 0 Å². The lowest BCUT2D eigenvalue weighted by molar-refractivity contribution is -0.00115. The van der Waals surface area contributed by atoms with Gasteiger partial charge in [0, 0.05) is 38.3 Å². The molecule has 0 unspecified atom stereocenters. The number of aliphatic hydroxyl groups excluding tert-OH is 2. The highest BCUT2D eigenvalue weighted by Crippen LogP contribution is 2.15. The lowest BCUT2D eigenvalue weighted by atomic mass is 10.1. The molecule has 1 heterocycles. The highest BCUT2D eigenvalue weighted by molar-refractivity contribution is 4.85. The molecule has 4 nitrogen and oxygen atoms in total. The molecule has 0 aliphatic carbocycles. The molecule has 4 atom stereocenters. The van der Waals surface area contributed by atoms with Crippen LogP contribution >= 0.6 is 0 Å². The second kappa shape index (κ2) is 5.96. The van der Waals surface area contributed by atoms with Gasteiger partial charge in [-0.2, -0.15) is 0 Å². The first-order valence-electron chi connectivity index (χ1n) is 6.24. The van der Waals surface area contributed by atoms with Crippen molar-refractivity contribution in [1.29, 1.82) is 0 Å². The van der Waals surface area contributed by atoms with Gasteiger partial charge in [-0.3, -0.25) is 9.80 Å². The molecule has 0 spiro atoms. The first kappa shape index (κ1) is 13.9. The fourth-order valence-corrected chi connectivity index (χ4v) is 2.46. The maximum Gasteiger partial charge on any atom is 0.0639 e. The van der Waals surface area contributed by atoms with Crippen molar-refractivity contribution >= 4 is 0 Å². The van der Waals surface area contributed by atoms with Crippen LogP contribution in [0.15, 0.2) is 0 Å². The SMILES string of the molecule is C[C@H](O)CN1C[C@H](C)N(C[C@H](C)O)C[C@H]1C. The number of β-amino-alcohol motifs (C(OH)–C–C–N with tert-alkyl or cyclic N) is 2. The van der Waals surface area contributed by atoms with Crippen LogP contribution in [-0.4, -0.2) is 70.5 Å². The van der Waals surface area contributed by atoms with Crippen molar-refractivity contribution < 1.29 is 10.2 Å². The van der Waals surface area contributed by atoms with Crippen LogP contribution in [0.25, 0.3) is 0 Å². The number of nitrogens with zero attached hydrogens (tertiary/aromatic N) is 2. The molecular formula is C12H26N2O2. The van der Waals surface area contributed by atoms with Crippen LogP contribution in [0.3, 0.4) is 0 Å². The van der Waals surface area contributed by atoms with Crippen molar-refractivity contribution in [2.75, 3.05) is 26.2 Å². The summed E-state index contributed by atoms with van der Waals surface area (Å²) in [5.74, 6) is 0. The maximum atomic E-state index is 9.42. The third-order valence-electron chi connectivity index (χ3n) is 3.24. The third kappa shape index (κ3) is 4.01. The number of hydrogen-bond donors (Lipinski definition) is 2. The van der Waals surface area contributed by atoms with Gasteiger partial charge >= 0.3 is 0 Å². The topological polar surface area (TPSA) is 46.9 Å². The van der Waals surface area contributed by atoms with Gasteiger partial charge < -0.3 is 10.2 Å². The molecule has 0 aromatic heterocycles. The number of hydrogen-bond acceptors (Lipinski definition) is 4. The van der Waals surface area contributed by atoms with Crippen molar-refractivity contribution in [3.8, 4) is 0 Å². The molecule has 0 aromatic carbocycles. The van der Waals surface area contributed by atoms with Gasteiger partial charge in [-0.15, -0.1) is 0 Å². The van der Waals surface area contributed by atoms with Gasteiger partial charge in [-0.05, 0) is 27.7 Å². The highest BCUT2D eigenvalue weighted by atomic mass is 16.3. The second-order valence-electron chi connectivity index (χ2n) is 5.30. The maximum absolute atomic E-state index is 9.42. The van der Waals surface area contributed by atoms with Gasteiger partial charge in [0.1, 0.15) is 0 Å². The van der Waals surface area contributed by atoms with Crippen molar-refractivity contribution in [1.82, 2.24) is 9.80 Å². The quantitative estimate of drug-likeness (QED) is 0.721. The summed E-state index contributed by atoms with van der Waals surface area (Å²) in [5, 5.41) is 18.8. The Labute approximate surface area is 98.9 Å². The molecule has 0 bridgehead atoms. The molecule has 4 heteroatoms. The van der Waals surface area contributed by atoms with Crippen LogP contribution in [0, 0.1) is 0 Å². The van der Waals surface area contributed by atoms with Crippen LogP contribution < -0.4 is 0 Å². The Morgan fingerprint density at radius 2 is 1.25 bits per heavy atom. The van der Waals surface area contributed by atoms with Gasteiger partial charge in [0.25, 0.3) is 0 Å². The van der Waals surface area contributed by atoms with E-state index in [1.165, 1.54) is 0 Å². The molecule has 16 heavy (non-hydrogen) atoms. The van der Waals surface area contributed by atoms with Crippen molar-refractivity contribution in [2.45, 2.75) is 52.0 Å². The monoisotopic (exact) mass is 230 g/mol. The first-order valence-corrected chi connectivity index (χ1v) is 6.24. The van der Waals surface area contributed by atoms with Crippen LogP contribution in [0.5, 0.6) is 0 Å². The fourth-order valence-electron chi connectivity index (χ4n) is 2.46. The standard InChI is InChI=1S/C12H26N2O2/c1-9-5-14(8-12(4)16)10(2)6-13(9)7-11(3)15/h9-12,15-16H,5-8H2,1-4H3/t9-,10+,11-,12-/m0/s1. The van der Waals surface area contributed by atoms with E-state index in [0.29, 0.717) is 12.1 Å². The zero-order valence-electron chi connectivity index (χ0n) is 10.9. The summed E-state index contributed by atoms with van der Waals surface area (Å²) in [7, 11) is 0. The molecule has 96 valence electrons. The predicted octanol–water partition coefficient (Wildman–Crippen LogP) is 0.143. The van der Waals surface area contributed by atoms with Crippen molar-refractivity contribution in [3.63, 3.8) is 0 Å². The zero-order valence-corrected chi connectivity index (χ0v) is 10.9. The van der Waals surface area contributed by atoms with Gasteiger partial charge in [0.15, 0.2) is 0 Å². The van der Waals surface area contributed by atoms with Crippen LogP contribution in [0.4, 0.5) is 0 Å². The van der Waals surface area contributed by atoms with Crippen molar-refractivity contribution in [3.05, 3.63) is 0 Å². The molecule has 1 aliphatic heterocycles. The number of piperazine rings is 1. The summed E-state index contributed by atoms with van der Waals surface area (Å²) in [4.78, 5) is 4.65. The fraction of sp³-hybridized carbons (Fsp3) is 1.00. The van der Waals surface area contributed by atoms with Gasteiger partial charge in [-0.1, -0.05) is 0 Å². The molecule has 2 N–H and O–H groups in total. The van der Waals surface area contributed by atoms with E-state index in [1.54, 1.807) is 0 Å². The van der Waals surface area contributed by atoms with E-state index in [0.717, 1.165) is 26.2 Å². The van der Waals surface area contributed by atoms with E-state index in [2.05, 4.69) is 23.6 Å². The van der Waals surface area contributed by atoms with Crippen LogP contribution in [0.2, 0.25) is 0 Å². The van der Waals surface area contributed by atoms with E-state index in [-0.39, 0.29) is 12.2 Å². The molecule has 0 amide bonds. The summed E-state index contributed by atoms with van der Waals surface area (Å²) in [6, 6.07) is 0.897. The zero-order chi connectivity index (χ0) is 12.3. The minimum atomic E-state index is -0.266. The number of rotatable bonds is 4. The normalized spacial score (nSPS) is 32.6. The summed E-state index contributed by atoms with van der Waals surface area (Å²) >= 11 is 0. The molecule has 1 saturated heterocycles. The predicted molar refractivity (Wildman–Crippen MR) is 65.4 cm³/mol. The molecule has 1 rings (SSSR count). The summed E-state index contributed by atoms with van der Waals surface area (Å²) in [6.07, 6.45) is -0.532. The Bertz CT molecular complexity index is 187. The average molecular weight is 230 g/mol. The smallest absolute Gasteiger partial charge is 0.0639 e. The van der Waals surface area contributed by atoms with E-state index in [9.17, 15) is 10.2 Å². The lowest BCUT2D eigenvalue weighted by Gasteiger charge is -2.45. The Kier molecular flexibility index (Phi) is 5.18. The summed E-state index contributed by atoms with van der Waals surface area (Å²) in [5.41, 5.74) is 0. The van der Waals surface area contributed by atoms with Crippen molar-refractivity contribution in [2.24, 2.45) is 0 Å². The molecule has 1 fully saturated rings. The molecule has 0 radical (unpaired) electrons. The van der Waals surface area contributed by atoms with Crippen LogP contribution in [0.1, 0.15) is 27.7 Å².